The largest absolute Gasteiger partial charge is 0.331 e. The molecule has 1 unspecified atom stereocenters. The smallest absolute Gasteiger partial charge is 0.319 e. The number of benzene rings is 2. The van der Waals surface area contributed by atoms with Gasteiger partial charge < -0.3 is 10.6 Å². The molecule has 0 aromatic heterocycles. The lowest BCUT2D eigenvalue weighted by Gasteiger charge is -2.16. The van der Waals surface area contributed by atoms with E-state index in [0.717, 1.165) is 23.8 Å². The van der Waals surface area contributed by atoms with Crippen LogP contribution in [0.4, 0.5) is 19.3 Å². The van der Waals surface area contributed by atoms with Crippen LogP contribution in [0.15, 0.2) is 42.5 Å². The quantitative estimate of drug-likeness (QED) is 0.861. The fourth-order valence-corrected chi connectivity index (χ4v) is 2.15. The van der Waals surface area contributed by atoms with Crippen molar-refractivity contribution in [2.45, 2.75) is 13.0 Å². The Labute approximate surface area is 125 Å². The number of hydrogen-bond donors (Lipinski definition) is 2. The Balaban J connectivity index is 2.05. The molecule has 2 N–H and O–H groups in total. The van der Waals surface area contributed by atoms with Crippen LogP contribution in [-0.2, 0) is 0 Å². The first-order valence-corrected chi connectivity index (χ1v) is 6.62. The van der Waals surface area contributed by atoms with Crippen molar-refractivity contribution in [1.82, 2.24) is 5.32 Å². The van der Waals surface area contributed by atoms with Crippen LogP contribution in [0.5, 0.6) is 0 Å². The number of carbonyl (C=O) groups excluding carboxylic acids is 1. The highest BCUT2D eigenvalue weighted by atomic mass is 35.5. The molecule has 0 saturated carbocycles. The number of halogens is 3. The Bertz CT molecular complexity index is 664. The van der Waals surface area contributed by atoms with E-state index in [-0.39, 0.29) is 11.7 Å². The third kappa shape index (κ3) is 3.92. The zero-order valence-corrected chi connectivity index (χ0v) is 11.9. The number of rotatable bonds is 3. The van der Waals surface area contributed by atoms with Crippen molar-refractivity contribution in [3.8, 4) is 0 Å². The topological polar surface area (TPSA) is 41.1 Å². The van der Waals surface area contributed by atoms with Crippen LogP contribution in [0.2, 0.25) is 5.02 Å². The van der Waals surface area contributed by atoms with Gasteiger partial charge in [-0.25, -0.2) is 13.6 Å². The fraction of sp³-hybridized carbons (Fsp3) is 0.133. The molecular weight excluding hydrogens is 298 g/mol. The molecule has 2 rings (SSSR count). The monoisotopic (exact) mass is 310 g/mol. The van der Waals surface area contributed by atoms with E-state index in [4.69, 9.17) is 11.6 Å². The molecule has 0 aliphatic carbocycles. The van der Waals surface area contributed by atoms with E-state index in [9.17, 15) is 13.6 Å². The van der Waals surface area contributed by atoms with Gasteiger partial charge in [-0.3, -0.25) is 0 Å². The first-order valence-electron chi connectivity index (χ1n) is 6.24. The van der Waals surface area contributed by atoms with Gasteiger partial charge in [0, 0.05) is 11.1 Å². The molecule has 0 saturated heterocycles. The number of amides is 2. The molecule has 6 heteroatoms. The molecule has 0 bridgehead atoms. The molecule has 21 heavy (non-hydrogen) atoms. The Morgan fingerprint density at radius 3 is 2.62 bits per heavy atom. The molecule has 110 valence electrons. The first-order chi connectivity index (χ1) is 9.97. The molecule has 0 aliphatic heterocycles. The molecule has 2 aromatic carbocycles. The normalized spacial score (nSPS) is 11.8. The lowest BCUT2D eigenvalue weighted by molar-refractivity contribution is 0.249. The molecule has 3 nitrogen and oxygen atoms in total. The SMILES string of the molecule is CC(NC(=O)Nc1cc(F)ccc1F)c1ccccc1Cl. The maximum atomic E-state index is 13.4. The third-order valence-corrected chi connectivity index (χ3v) is 3.24. The summed E-state index contributed by atoms with van der Waals surface area (Å²) >= 11 is 6.03. The van der Waals surface area contributed by atoms with Crippen LogP contribution >= 0.6 is 11.6 Å². The standard InChI is InChI=1S/C15H13ClF2N2O/c1-9(11-4-2-3-5-12(11)16)19-15(21)20-14-8-10(17)6-7-13(14)18/h2-9H,1H3,(H2,19,20,21). The first kappa shape index (κ1) is 15.3. The van der Waals surface area contributed by atoms with Crippen molar-refractivity contribution in [1.29, 1.82) is 0 Å². The minimum Gasteiger partial charge on any atom is -0.331 e. The number of carbonyl (C=O) groups is 1. The highest BCUT2D eigenvalue weighted by Crippen LogP contribution is 2.22. The van der Waals surface area contributed by atoms with E-state index in [1.807, 2.05) is 0 Å². The summed E-state index contributed by atoms with van der Waals surface area (Å²) in [5.74, 6) is -1.34. The van der Waals surface area contributed by atoms with E-state index in [1.54, 1.807) is 31.2 Å². The molecular formula is C15H13ClF2N2O. The van der Waals surface area contributed by atoms with Gasteiger partial charge in [-0.2, -0.15) is 0 Å². The molecule has 2 aromatic rings. The van der Waals surface area contributed by atoms with Gasteiger partial charge in [0.2, 0.25) is 0 Å². The second-order valence-electron chi connectivity index (χ2n) is 4.47. The summed E-state index contributed by atoms with van der Waals surface area (Å²) < 4.78 is 26.4. The summed E-state index contributed by atoms with van der Waals surface area (Å²) in [6, 6.07) is 8.87. The van der Waals surface area contributed by atoms with Gasteiger partial charge in [0.15, 0.2) is 0 Å². The van der Waals surface area contributed by atoms with E-state index in [2.05, 4.69) is 10.6 Å². The minimum atomic E-state index is -0.711. The fourth-order valence-electron chi connectivity index (χ4n) is 1.85. The predicted molar refractivity (Wildman–Crippen MR) is 78.4 cm³/mol. The van der Waals surface area contributed by atoms with Crippen LogP contribution in [0.3, 0.4) is 0 Å². The summed E-state index contributed by atoms with van der Waals surface area (Å²) in [5, 5.41) is 5.39. The van der Waals surface area contributed by atoms with Crippen molar-refractivity contribution in [2.24, 2.45) is 0 Å². The second-order valence-corrected chi connectivity index (χ2v) is 4.87. The maximum Gasteiger partial charge on any atom is 0.319 e. The molecule has 0 heterocycles. The summed E-state index contributed by atoms with van der Waals surface area (Å²) in [6.07, 6.45) is 0. The third-order valence-electron chi connectivity index (χ3n) is 2.90. The van der Waals surface area contributed by atoms with E-state index >= 15 is 0 Å². The maximum absolute atomic E-state index is 13.4. The molecule has 0 fully saturated rings. The van der Waals surface area contributed by atoms with E-state index in [1.165, 1.54) is 0 Å². The summed E-state index contributed by atoms with van der Waals surface area (Å²) in [4.78, 5) is 11.8. The van der Waals surface area contributed by atoms with Gasteiger partial charge in [0.05, 0.1) is 11.7 Å². The molecule has 0 radical (unpaired) electrons. The molecule has 2 amide bonds. The Kier molecular flexibility index (Phi) is 4.75. The van der Waals surface area contributed by atoms with Gasteiger partial charge in [-0.05, 0) is 30.7 Å². The zero-order chi connectivity index (χ0) is 15.4. The van der Waals surface area contributed by atoms with Crippen LogP contribution in [-0.4, -0.2) is 6.03 Å². The Hall–Kier alpha value is -2.14. The van der Waals surface area contributed by atoms with Gasteiger partial charge in [-0.1, -0.05) is 29.8 Å². The van der Waals surface area contributed by atoms with Crippen LogP contribution < -0.4 is 10.6 Å². The number of nitrogens with one attached hydrogen (secondary N) is 2. The lowest BCUT2D eigenvalue weighted by atomic mass is 10.1. The van der Waals surface area contributed by atoms with E-state index in [0.29, 0.717) is 5.02 Å². The predicted octanol–water partition coefficient (Wildman–Crippen LogP) is 4.50. The summed E-state index contributed by atoms with van der Waals surface area (Å²) in [5.41, 5.74) is 0.507. The highest BCUT2D eigenvalue weighted by molar-refractivity contribution is 6.31. The summed E-state index contributed by atoms with van der Waals surface area (Å²) in [6.45, 7) is 1.74. The number of anilines is 1. The zero-order valence-electron chi connectivity index (χ0n) is 11.2. The van der Waals surface area contributed by atoms with Crippen molar-refractivity contribution < 1.29 is 13.6 Å². The number of urea groups is 1. The molecule has 0 spiro atoms. The van der Waals surface area contributed by atoms with Gasteiger partial charge in [-0.15, -0.1) is 0 Å². The molecule has 1 atom stereocenters. The summed E-state index contributed by atoms with van der Waals surface area (Å²) in [7, 11) is 0. The van der Waals surface area contributed by atoms with Crippen molar-refractivity contribution >= 4 is 23.3 Å². The Morgan fingerprint density at radius 2 is 1.90 bits per heavy atom. The Morgan fingerprint density at radius 1 is 1.19 bits per heavy atom. The van der Waals surface area contributed by atoms with Crippen molar-refractivity contribution in [3.63, 3.8) is 0 Å². The number of hydrogen-bond acceptors (Lipinski definition) is 1. The van der Waals surface area contributed by atoms with Crippen molar-refractivity contribution in [2.75, 3.05) is 5.32 Å². The average Bonchev–Trinajstić information content (AvgIpc) is 2.43. The van der Waals surface area contributed by atoms with Crippen LogP contribution in [0.1, 0.15) is 18.5 Å². The van der Waals surface area contributed by atoms with Crippen molar-refractivity contribution in [3.05, 3.63) is 64.7 Å². The van der Waals surface area contributed by atoms with Gasteiger partial charge >= 0.3 is 6.03 Å². The van der Waals surface area contributed by atoms with E-state index < -0.39 is 17.7 Å². The van der Waals surface area contributed by atoms with Crippen LogP contribution in [0, 0.1) is 11.6 Å². The minimum absolute atomic E-state index is 0.223. The highest BCUT2D eigenvalue weighted by Gasteiger charge is 2.13. The van der Waals surface area contributed by atoms with Gasteiger partial charge in [0.25, 0.3) is 0 Å². The lowest BCUT2D eigenvalue weighted by Crippen LogP contribution is -2.31. The van der Waals surface area contributed by atoms with Gasteiger partial charge in [0.1, 0.15) is 11.6 Å². The average molecular weight is 311 g/mol. The van der Waals surface area contributed by atoms with Crippen LogP contribution in [0.25, 0.3) is 0 Å². The molecule has 0 aliphatic rings. The second kappa shape index (κ2) is 6.54.